The molecule has 0 spiro atoms. The van der Waals surface area contributed by atoms with E-state index in [-0.39, 0.29) is 22.2 Å². The third kappa shape index (κ3) is 4.35. The van der Waals surface area contributed by atoms with Gasteiger partial charge in [0.25, 0.3) is 5.69 Å². The number of hydrogen-bond donors (Lipinski definition) is 2. The number of benzene rings is 2. The molecule has 0 heterocycles. The number of hydrogen-bond acceptors (Lipinski definition) is 6. The van der Waals surface area contributed by atoms with E-state index in [0.717, 1.165) is 12.1 Å². The predicted molar refractivity (Wildman–Crippen MR) is 92.5 cm³/mol. The van der Waals surface area contributed by atoms with E-state index >= 15 is 0 Å². The molecule has 11 heteroatoms. The normalized spacial score (nSPS) is 10.0. The third-order valence-corrected chi connectivity index (χ3v) is 3.25. The first kappa shape index (κ1) is 18.0. The van der Waals surface area contributed by atoms with Crippen molar-refractivity contribution in [3.05, 3.63) is 62.4 Å². The molecule has 0 saturated heterocycles. The van der Waals surface area contributed by atoms with Gasteiger partial charge in [-0.15, -0.1) is 0 Å². The number of nitro groups is 2. The Kier molecular flexibility index (Phi) is 5.39. The van der Waals surface area contributed by atoms with Crippen molar-refractivity contribution in [3.63, 3.8) is 0 Å². The lowest BCUT2D eigenvalue weighted by Crippen LogP contribution is -2.19. The Bertz CT molecular complexity index is 861. The Hall–Kier alpha value is -3.34. The summed E-state index contributed by atoms with van der Waals surface area (Å²) in [6.45, 7) is 0. The second-order valence-electron chi connectivity index (χ2n) is 4.64. The van der Waals surface area contributed by atoms with Crippen LogP contribution in [0.1, 0.15) is 0 Å². The van der Waals surface area contributed by atoms with Gasteiger partial charge in [-0.3, -0.25) is 20.2 Å². The lowest BCUT2D eigenvalue weighted by molar-refractivity contribution is -0.387. The Morgan fingerprint density at radius 2 is 1.84 bits per heavy atom. The number of thiocarbonyl (C=S) groups is 1. The molecule has 2 aromatic carbocycles. The molecule has 0 fully saturated rings. The Balaban J connectivity index is 2.17. The van der Waals surface area contributed by atoms with Crippen molar-refractivity contribution in [3.8, 4) is 5.75 Å². The van der Waals surface area contributed by atoms with Crippen LogP contribution >= 0.6 is 12.2 Å². The van der Waals surface area contributed by atoms with E-state index in [2.05, 4.69) is 10.6 Å². The zero-order chi connectivity index (χ0) is 18.6. The molecule has 0 aliphatic heterocycles. The fourth-order valence-electron chi connectivity index (χ4n) is 1.91. The number of ether oxygens (including phenoxy) is 1. The van der Waals surface area contributed by atoms with E-state index in [9.17, 15) is 24.6 Å². The van der Waals surface area contributed by atoms with Crippen LogP contribution in [-0.2, 0) is 0 Å². The van der Waals surface area contributed by atoms with Gasteiger partial charge in [-0.2, -0.15) is 4.39 Å². The first-order chi connectivity index (χ1) is 11.8. The van der Waals surface area contributed by atoms with Crippen molar-refractivity contribution in [1.82, 2.24) is 0 Å². The van der Waals surface area contributed by atoms with Gasteiger partial charge in [0.15, 0.2) is 5.11 Å². The molecule has 25 heavy (non-hydrogen) atoms. The van der Waals surface area contributed by atoms with E-state index in [1.54, 1.807) is 0 Å². The molecular weight excluding hydrogens is 355 g/mol. The number of non-ortho nitro benzene ring substituents is 1. The molecule has 0 saturated carbocycles. The highest BCUT2D eigenvalue weighted by molar-refractivity contribution is 7.80. The van der Waals surface area contributed by atoms with Crippen LogP contribution in [0.15, 0.2) is 36.4 Å². The highest BCUT2D eigenvalue weighted by Gasteiger charge is 2.16. The van der Waals surface area contributed by atoms with Crippen LogP contribution in [0.2, 0.25) is 0 Å². The van der Waals surface area contributed by atoms with Crippen molar-refractivity contribution >= 4 is 40.1 Å². The number of nitro benzene ring substituents is 2. The number of methoxy groups -OCH3 is 1. The van der Waals surface area contributed by atoms with Gasteiger partial charge in [0, 0.05) is 17.8 Å². The molecule has 2 N–H and O–H groups in total. The molecule has 0 aliphatic rings. The van der Waals surface area contributed by atoms with E-state index in [1.165, 1.54) is 31.4 Å². The van der Waals surface area contributed by atoms with Crippen molar-refractivity contribution in [2.45, 2.75) is 0 Å². The largest absolute Gasteiger partial charge is 0.494 e. The number of nitrogens with one attached hydrogen (secondary N) is 2. The summed E-state index contributed by atoms with van der Waals surface area (Å²) in [4.78, 5) is 20.1. The summed E-state index contributed by atoms with van der Waals surface area (Å²) in [5, 5.41) is 26.9. The smallest absolute Gasteiger partial charge is 0.306 e. The van der Waals surface area contributed by atoms with Crippen LogP contribution in [0.5, 0.6) is 5.75 Å². The molecule has 0 bridgehead atoms. The summed E-state index contributed by atoms with van der Waals surface area (Å²) in [6.07, 6.45) is 0. The lowest BCUT2D eigenvalue weighted by Gasteiger charge is -2.13. The van der Waals surface area contributed by atoms with E-state index in [4.69, 9.17) is 17.0 Å². The zero-order valence-corrected chi connectivity index (χ0v) is 13.5. The average Bonchev–Trinajstić information content (AvgIpc) is 2.56. The third-order valence-electron chi connectivity index (χ3n) is 3.04. The van der Waals surface area contributed by atoms with Crippen molar-refractivity contribution in [2.75, 3.05) is 17.7 Å². The SMILES string of the molecule is COc1cc([N+](=O)[O-])ccc1NC(=S)Nc1ccc(F)c([N+](=O)[O-])c1. The average molecular weight is 366 g/mol. The fourth-order valence-corrected chi connectivity index (χ4v) is 2.14. The van der Waals surface area contributed by atoms with E-state index < -0.39 is 21.4 Å². The monoisotopic (exact) mass is 366 g/mol. The van der Waals surface area contributed by atoms with Crippen LogP contribution in [0.3, 0.4) is 0 Å². The first-order valence-electron chi connectivity index (χ1n) is 6.66. The maximum atomic E-state index is 13.3. The molecule has 2 aromatic rings. The molecule has 130 valence electrons. The van der Waals surface area contributed by atoms with Gasteiger partial charge in [-0.05, 0) is 30.4 Å². The fraction of sp³-hybridized carbons (Fsp3) is 0.0714. The molecule has 0 amide bonds. The first-order valence-corrected chi connectivity index (χ1v) is 7.07. The number of halogens is 1. The topological polar surface area (TPSA) is 120 Å². The number of rotatable bonds is 5. The second kappa shape index (κ2) is 7.49. The lowest BCUT2D eigenvalue weighted by atomic mass is 10.2. The van der Waals surface area contributed by atoms with Crippen molar-refractivity contribution in [2.24, 2.45) is 0 Å². The molecular formula is C14H11FN4O5S. The predicted octanol–water partition coefficient (Wildman–Crippen LogP) is 3.46. The summed E-state index contributed by atoms with van der Waals surface area (Å²) in [6, 6.07) is 7.09. The van der Waals surface area contributed by atoms with E-state index in [0.29, 0.717) is 5.69 Å². The van der Waals surface area contributed by atoms with Gasteiger partial charge >= 0.3 is 5.69 Å². The van der Waals surface area contributed by atoms with Crippen LogP contribution in [0.4, 0.5) is 27.1 Å². The van der Waals surface area contributed by atoms with Gasteiger partial charge in [-0.1, -0.05) is 0 Å². The zero-order valence-electron chi connectivity index (χ0n) is 12.7. The van der Waals surface area contributed by atoms with E-state index in [1.807, 2.05) is 0 Å². The summed E-state index contributed by atoms with van der Waals surface area (Å²) in [7, 11) is 1.34. The highest BCUT2D eigenvalue weighted by Crippen LogP contribution is 2.29. The van der Waals surface area contributed by atoms with Crippen molar-refractivity contribution < 1.29 is 19.0 Å². The maximum absolute atomic E-state index is 13.3. The Labute approximate surface area is 145 Å². The number of nitrogens with zero attached hydrogens (tertiary/aromatic N) is 2. The highest BCUT2D eigenvalue weighted by atomic mass is 32.1. The minimum Gasteiger partial charge on any atom is -0.494 e. The second-order valence-corrected chi connectivity index (χ2v) is 5.05. The van der Waals surface area contributed by atoms with Crippen molar-refractivity contribution in [1.29, 1.82) is 0 Å². The maximum Gasteiger partial charge on any atom is 0.306 e. The van der Waals surface area contributed by atoms with Gasteiger partial charge < -0.3 is 15.4 Å². The van der Waals surface area contributed by atoms with Gasteiger partial charge in [-0.25, -0.2) is 0 Å². The Morgan fingerprint density at radius 1 is 1.12 bits per heavy atom. The standard InChI is InChI=1S/C14H11FN4O5S/c1-24-13-7-9(18(20)21)3-5-11(13)17-14(25)16-8-2-4-10(15)12(6-8)19(22)23/h2-7H,1H3,(H2,16,17,25). The minimum absolute atomic E-state index is 0.0352. The molecule has 0 aliphatic carbocycles. The molecule has 2 rings (SSSR count). The summed E-state index contributed by atoms with van der Waals surface area (Å²) < 4.78 is 18.4. The number of anilines is 2. The molecule has 0 atom stereocenters. The molecule has 0 unspecified atom stereocenters. The quantitative estimate of drug-likeness (QED) is 0.469. The van der Waals surface area contributed by atoms with Crippen LogP contribution in [-0.4, -0.2) is 22.1 Å². The molecule has 0 aromatic heterocycles. The minimum atomic E-state index is -0.966. The van der Waals surface area contributed by atoms with Gasteiger partial charge in [0.05, 0.1) is 28.7 Å². The van der Waals surface area contributed by atoms with Crippen LogP contribution in [0.25, 0.3) is 0 Å². The summed E-state index contributed by atoms with van der Waals surface area (Å²) in [5.41, 5.74) is -0.301. The van der Waals surface area contributed by atoms with Gasteiger partial charge in [0.1, 0.15) is 5.75 Å². The van der Waals surface area contributed by atoms with Crippen LogP contribution in [0, 0.1) is 26.0 Å². The Morgan fingerprint density at radius 3 is 2.44 bits per heavy atom. The summed E-state index contributed by atoms with van der Waals surface area (Å²) >= 11 is 5.08. The van der Waals surface area contributed by atoms with Gasteiger partial charge in [0.2, 0.25) is 5.82 Å². The molecule has 0 radical (unpaired) electrons. The van der Waals surface area contributed by atoms with Crippen LogP contribution < -0.4 is 15.4 Å². The summed E-state index contributed by atoms with van der Waals surface area (Å²) in [5.74, 6) is -0.782. The molecule has 9 nitrogen and oxygen atoms in total.